The fourth-order valence-electron chi connectivity index (χ4n) is 2.44. The summed E-state index contributed by atoms with van der Waals surface area (Å²) in [5.74, 6) is 0.523. The summed E-state index contributed by atoms with van der Waals surface area (Å²) >= 11 is 0. The van der Waals surface area contributed by atoms with E-state index in [1.165, 1.54) is 0 Å². The normalized spacial score (nSPS) is 20.8. The molecule has 1 fully saturated rings. The maximum absolute atomic E-state index is 12.1. The number of hydrogen-bond acceptors (Lipinski definition) is 5. The van der Waals surface area contributed by atoms with Crippen LogP contribution in [0, 0.1) is 0 Å². The summed E-state index contributed by atoms with van der Waals surface area (Å²) in [5.41, 5.74) is 0. The second-order valence-electron chi connectivity index (χ2n) is 5.11. The predicted octanol–water partition coefficient (Wildman–Crippen LogP) is -0.523. The van der Waals surface area contributed by atoms with E-state index >= 15 is 0 Å². The van der Waals surface area contributed by atoms with Gasteiger partial charge in [0.1, 0.15) is 11.8 Å². The molecular weight excluding hydrogens is 272 g/mol. The number of piperazine rings is 1. The molecule has 7 heteroatoms. The molecule has 0 aromatic carbocycles. The van der Waals surface area contributed by atoms with Crippen LogP contribution in [0.3, 0.4) is 0 Å². The maximum atomic E-state index is 12.1. The molecule has 1 aromatic rings. The Labute approximate surface area is 124 Å². The lowest BCUT2D eigenvalue weighted by atomic mass is 10.1. The van der Waals surface area contributed by atoms with Crippen molar-refractivity contribution in [2.24, 2.45) is 0 Å². The summed E-state index contributed by atoms with van der Waals surface area (Å²) in [6.45, 7) is 4.06. The van der Waals surface area contributed by atoms with Crippen LogP contribution in [0.4, 0.5) is 0 Å². The highest BCUT2D eigenvalue weighted by atomic mass is 16.3. The standard InChI is InChI=1S/C14H22N4O3/c1-10(12-4-3-7-21-12)17-13(19)9-18-6-5-16-8-11(18)14(20)15-2/h3-4,7,10-11,16H,5-6,8-9H2,1-2H3,(H,15,20)(H,17,19). The lowest BCUT2D eigenvalue weighted by Gasteiger charge is -2.34. The van der Waals surface area contributed by atoms with Gasteiger partial charge in [-0.1, -0.05) is 0 Å². The molecule has 2 unspecified atom stereocenters. The van der Waals surface area contributed by atoms with Crippen LogP contribution in [-0.2, 0) is 9.59 Å². The summed E-state index contributed by atoms with van der Waals surface area (Å²) in [7, 11) is 1.61. The van der Waals surface area contributed by atoms with Gasteiger partial charge in [-0.3, -0.25) is 14.5 Å². The molecule has 2 rings (SSSR count). The highest BCUT2D eigenvalue weighted by Gasteiger charge is 2.29. The van der Waals surface area contributed by atoms with E-state index in [0.29, 0.717) is 18.8 Å². The topological polar surface area (TPSA) is 86.6 Å². The van der Waals surface area contributed by atoms with Crippen LogP contribution in [0.15, 0.2) is 22.8 Å². The highest BCUT2D eigenvalue weighted by molar-refractivity contribution is 5.84. The Morgan fingerprint density at radius 3 is 3.05 bits per heavy atom. The Hall–Kier alpha value is -1.86. The van der Waals surface area contributed by atoms with Crippen LogP contribution in [0.5, 0.6) is 0 Å². The minimum Gasteiger partial charge on any atom is -0.467 e. The van der Waals surface area contributed by atoms with Crippen molar-refractivity contribution >= 4 is 11.8 Å². The van der Waals surface area contributed by atoms with Gasteiger partial charge in [-0.15, -0.1) is 0 Å². The van der Waals surface area contributed by atoms with Gasteiger partial charge < -0.3 is 20.4 Å². The molecule has 3 N–H and O–H groups in total. The Kier molecular flexibility index (Phi) is 5.35. The SMILES string of the molecule is CNC(=O)C1CNCCN1CC(=O)NC(C)c1ccco1. The zero-order valence-electron chi connectivity index (χ0n) is 12.4. The van der Waals surface area contributed by atoms with Crippen LogP contribution in [0.1, 0.15) is 18.7 Å². The van der Waals surface area contributed by atoms with Gasteiger partial charge in [0.15, 0.2) is 0 Å². The summed E-state index contributed by atoms with van der Waals surface area (Å²) in [4.78, 5) is 25.8. The van der Waals surface area contributed by atoms with Crippen molar-refractivity contribution in [3.8, 4) is 0 Å². The first-order chi connectivity index (χ1) is 10.1. The molecule has 2 amide bonds. The zero-order valence-corrected chi connectivity index (χ0v) is 12.4. The van der Waals surface area contributed by atoms with Gasteiger partial charge >= 0.3 is 0 Å². The number of furan rings is 1. The van der Waals surface area contributed by atoms with Gasteiger partial charge in [0.2, 0.25) is 11.8 Å². The summed E-state index contributed by atoms with van der Waals surface area (Å²) < 4.78 is 5.26. The van der Waals surface area contributed by atoms with E-state index in [1.807, 2.05) is 17.9 Å². The third-order valence-corrected chi connectivity index (χ3v) is 3.60. The number of hydrogen-bond donors (Lipinski definition) is 3. The van der Waals surface area contributed by atoms with E-state index < -0.39 is 0 Å². The number of likely N-dealkylation sites (N-methyl/N-ethyl adjacent to an activating group) is 1. The average molecular weight is 294 g/mol. The van der Waals surface area contributed by atoms with Gasteiger partial charge in [-0.25, -0.2) is 0 Å². The molecule has 0 aliphatic carbocycles. The molecule has 0 spiro atoms. The van der Waals surface area contributed by atoms with E-state index in [1.54, 1.807) is 19.4 Å². The fraction of sp³-hybridized carbons (Fsp3) is 0.571. The van der Waals surface area contributed by atoms with Gasteiger partial charge in [-0.2, -0.15) is 0 Å². The number of nitrogens with one attached hydrogen (secondary N) is 3. The molecule has 21 heavy (non-hydrogen) atoms. The van der Waals surface area contributed by atoms with Crippen molar-refractivity contribution in [2.75, 3.05) is 33.2 Å². The molecule has 1 aliphatic heterocycles. The quantitative estimate of drug-likeness (QED) is 0.680. The second kappa shape index (κ2) is 7.24. The van der Waals surface area contributed by atoms with E-state index in [-0.39, 0.29) is 30.4 Å². The highest BCUT2D eigenvalue weighted by Crippen LogP contribution is 2.12. The zero-order chi connectivity index (χ0) is 15.2. The van der Waals surface area contributed by atoms with Gasteiger partial charge in [-0.05, 0) is 19.1 Å². The Bertz CT molecular complexity index is 475. The van der Waals surface area contributed by atoms with Gasteiger partial charge in [0, 0.05) is 26.7 Å². The van der Waals surface area contributed by atoms with Crippen LogP contribution in [0.2, 0.25) is 0 Å². The average Bonchev–Trinajstić information content (AvgIpc) is 3.01. The molecule has 1 aliphatic rings. The molecule has 0 bridgehead atoms. The maximum Gasteiger partial charge on any atom is 0.238 e. The van der Waals surface area contributed by atoms with Crippen molar-refractivity contribution in [3.63, 3.8) is 0 Å². The molecule has 7 nitrogen and oxygen atoms in total. The number of amides is 2. The lowest BCUT2D eigenvalue weighted by molar-refractivity contribution is -0.129. The number of nitrogens with zero attached hydrogens (tertiary/aromatic N) is 1. The molecule has 1 saturated heterocycles. The molecule has 0 saturated carbocycles. The van der Waals surface area contributed by atoms with Crippen molar-refractivity contribution in [1.29, 1.82) is 0 Å². The molecule has 0 radical (unpaired) electrons. The van der Waals surface area contributed by atoms with Gasteiger partial charge in [0.25, 0.3) is 0 Å². The first-order valence-electron chi connectivity index (χ1n) is 7.11. The summed E-state index contributed by atoms with van der Waals surface area (Å²) in [6.07, 6.45) is 1.58. The number of carbonyl (C=O) groups is 2. The molecule has 116 valence electrons. The van der Waals surface area contributed by atoms with E-state index in [4.69, 9.17) is 4.42 Å². The van der Waals surface area contributed by atoms with E-state index in [0.717, 1.165) is 6.54 Å². The Morgan fingerprint density at radius 1 is 1.57 bits per heavy atom. The largest absolute Gasteiger partial charge is 0.467 e. The van der Waals surface area contributed by atoms with Gasteiger partial charge in [0.05, 0.1) is 18.8 Å². The second-order valence-corrected chi connectivity index (χ2v) is 5.11. The monoisotopic (exact) mass is 294 g/mol. The summed E-state index contributed by atoms with van der Waals surface area (Å²) in [6, 6.07) is 3.11. The third kappa shape index (κ3) is 4.05. The van der Waals surface area contributed by atoms with Crippen LogP contribution in [0.25, 0.3) is 0 Å². The van der Waals surface area contributed by atoms with E-state index in [9.17, 15) is 9.59 Å². The van der Waals surface area contributed by atoms with Crippen molar-refractivity contribution in [3.05, 3.63) is 24.2 Å². The van der Waals surface area contributed by atoms with Crippen LogP contribution in [-0.4, -0.2) is 56.0 Å². The molecular formula is C14H22N4O3. The Morgan fingerprint density at radius 2 is 2.38 bits per heavy atom. The smallest absolute Gasteiger partial charge is 0.238 e. The Balaban J connectivity index is 1.89. The van der Waals surface area contributed by atoms with Crippen LogP contribution >= 0.6 is 0 Å². The lowest BCUT2D eigenvalue weighted by Crippen LogP contribution is -2.59. The number of carbonyl (C=O) groups excluding carboxylic acids is 2. The third-order valence-electron chi connectivity index (χ3n) is 3.60. The first kappa shape index (κ1) is 15.5. The van der Waals surface area contributed by atoms with Crippen molar-refractivity contribution in [1.82, 2.24) is 20.9 Å². The van der Waals surface area contributed by atoms with E-state index in [2.05, 4.69) is 16.0 Å². The fourth-order valence-corrected chi connectivity index (χ4v) is 2.44. The van der Waals surface area contributed by atoms with Crippen LogP contribution < -0.4 is 16.0 Å². The number of rotatable bonds is 5. The molecule has 1 aromatic heterocycles. The molecule has 2 atom stereocenters. The van der Waals surface area contributed by atoms with Crippen molar-refractivity contribution < 1.29 is 14.0 Å². The summed E-state index contributed by atoms with van der Waals surface area (Å²) in [5, 5.41) is 8.68. The molecule has 2 heterocycles. The predicted molar refractivity (Wildman–Crippen MR) is 77.6 cm³/mol. The minimum absolute atomic E-state index is 0.0749. The minimum atomic E-state index is -0.312. The first-order valence-corrected chi connectivity index (χ1v) is 7.11. The van der Waals surface area contributed by atoms with Crippen molar-refractivity contribution in [2.45, 2.75) is 19.0 Å².